The lowest BCUT2D eigenvalue weighted by Gasteiger charge is -2.16. The minimum absolute atomic E-state index is 0.0893. The summed E-state index contributed by atoms with van der Waals surface area (Å²) < 4.78 is 5.62. The van der Waals surface area contributed by atoms with Gasteiger partial charge in [0.25, 0.3) is 0 Å². The van der Waals surface area contributed by atoms with Crippen LogP contribution in [-0.2, 0) is 25.7 Å². The second-order valence-corrected chi connectivity index (χ2v) is 5.25. The second kappa shape index (κ2) is 8.19. The smallest absolute Gasteiger partial charge is 0.339 e. The highest BCUT2D eigenvalue weighted by molar-refractivity contribution is 5.35. The zero-order valence-electron chi connectivity index (χ0n) is 13.0. The molecule has 0 aliphatic carbocycles. The summed E-state index contributed by atoms with van der Waals surface area (Å²) in [5.74, 6) is 0.942. The Bertz CT molecular complexity index is 443. The first-order valence-electron chi connectivity index (χ1n) is 7.86. The Kier molecular flexibility index (Phi) is 6.90. The fourth-order valence-electron chi connectivity index (χ4n) is 2.73. The van der Waals surface area contributed by atoms with E-state index in [9.17, 15) is 4.79 Å². The van der Waals surface area contributed by atoms with Crippen molar-refractivity contribution in [3.8, 4) is 0 Å². The summed E-state index contributed by atoms with van der Waals surface area (Å²) >= 11 is 0. The van der Waals surface area contributed by atoms with Crippen molar-refractivity contribution in [1.29, 1.82) is 0 Å². The normalized spacial score (nSPS) is 10.9. The molecule has 1 heterocycles. The zero-order chi connectivity index (χ0) is 14.3. The molecule has 1 rings (SSSR count). The quantitative estimate of drug-likeness (QED) is 0.694. The van der Waals surface area contributed by atoms with Gasteiger partial charge in [-0.05, 0) is 36.8 Å². The van der Waals surface area contributed by atoms with Gasteiger partial charge in [0.15, 0.2) is 0 Å². The van der Waals surface area contributed by atoms with E-state index in [4.69, 9.17) is 4.42 Å². The van der Waals surface area contributed by atoms with E-state index < -0.39 is 0 Å². The zero-order valence-corrected chi connectivity index (χ0v) is 13.0. The van der Waals surface area contributed by atoms with Crippen LogP contribution in [0.4, 0.5) is 0 Å². The maximum atomic E-state index is 12.2. The first-order chi connectivity index (χ1) is 9.19. The van der Waals surface area contributed by atoms with E-state index in [0.717, 1.165) is 62.7 Å². The van der Waals surface area contributed by atoms with Gasteiger partial charge in [-0.3, -0.25) is 0 Å². The van der Waals surface area contributed by atoms with Gasteiger partial charge < -0.3 is 4.42 Å². The van der Waals surface area contributed by atoms with Crippen molar-refractivity contribution in [3.05, 3.63) is 32.9 Å². The van der Waals surface area contributed by atoms with E-state index in [2.05, 4.69) is 27.7 Å². The number of hydrogen-bond donors (Lipinski definition) is 0. The predicted molar refractivity (Wildman–Crippen MR) is 81.0 cm³/mol. The molecule has 0 saturated heterocycles. The number of rotatable bonds is 8. The topological polar surface area (TPSA) is 30.2 Å². The molecule has 0 amide bonds. The van der Waals surface area contributed by atoms with Crippen LogP contribution in [0.15, 0.2) is 9.21 Å². The molecule has 0 spiro atoms. The Labute approximate surface area is 117 Å². The van der Waals surface area contributed by atoms with Crippen LogP contribution in [0.3, 0.4) is 0 Å². The molecule has 19 heavy (non-hydrogen) atoms. The summed E-state index contributed by atoms with van der Waals surface area (Å²) in [7, 11) is 0. The van der Waals surface area contributed by atoms with E-state index in [0.29, 0.717) is 0 Å². The molecule has 1 aromatic rings. The second-order valence-electron chi connectivity index (χ2n) is 5.25. The van der Waals surface area contributed by atoms with Crippen molar-refractivity contribution in [2.45, 2.75) is 79.1 Å². The average molecular weight is 264 g/mol. The molecule has 0 aliphatic rings. The van der Waals surface area contributed by atoms with E-state index in [1.807, 2.05) is 0 Å². The molecule has 0 aromatic carbocycles. The van der Waals surface area contributed by atoms with Crippen LogP contribution < -0.4 is 5.63 Å². The van der Waals surface area contributed by atoms with Gasteiger partial charge in [0.05, 0.1) is 0 Å². The standard InChI is InChI=1S/C17H28O2/c1-5-9-13-14(10-6-2)16(12-8-4)19-17(18)15(13)11-7-3/h5-12H2,1-4H3. The fourth-order valence-corrected chi connectivity index (χ4v) is 2.73. The van der Waals surface area contributed by atoms with Gasteiger partial charge in [0.1, 0.15) is 5.76 Å². The summed E-state index contributed by atoms with van der Waals surface area (Å²) in [6.45, 7) is 8.62. The van der Waals surface area contributed by atoms with Crippen LogP contribution in [0.25, 0.3) is 0 Å². The third-order valence-corrected chi connectivity index (χ3v) is 3.50. The maximum absolute atomic E-state index is 12.2. The lowest BCUT2D eigenvalue weighted by Crippen LogP contribution is -2.17. The highest BCUT2D eigenvalue weighted by Crippen LogP contribution is 2.22. The molecular formula is C17H28O2. The molecule has 0 saturated carbocycles. The van der Waals surface area contributed by atoms with E-state index in [1.54, 1.807) is 0 Å². The average Bonchev–Trinajstić information content (AvgIpc) is 2.38. The largest absolute Gasteiger partial charge is 0.427 e. The van der Waals surface area contributed by atoms with E-state index in [1.165, 1.54) is 11.1 Å². The van der Waals surface area contributed by atoms with Crippen LogP contribution in [0, 0.1) is 0 Å². The first-order valence-corrected chi connectivity index (χ1v) is 7.86. The van der Waals surface area contributed by atoms with Crippen molar-refractivity contribution >= 4 is 0 Å². The first kappa shape index (κ1) is 16.0. The predicted octanol–water partition coefficient (Wildman–Crippen LogP) is 4.45. The van der Waals surface area contributed by atoms with Gasteiger partial charge in [-0.1, -0.05) is 47.0 Å². The summed E-state index contributed by atoms with van der Waals surface area (Å²) in [5.41, 5.74) is 3.47. The molecule has 108 valence electrons. The Balaban J connectivity index is 3.40. The molecule has 0 radical (unpaired) electrons. The molecule has 0 N–H and O–H groups in total. The molecule has 0 bridgehead atoms. The summed E-state index contributed by atoms with van der Waals surface area (Å²) in [6.07, 6.45) is 7.99. The molecule has 2 heteroatoms. The number of aryl methyl sites for hydroxylation is 1. The Morgan fingerprint density at radius 1 is 0.684 bits per heavy atom. The third kappa shape index (κ3) is 3.95. The molecule has 0 unspecified atom stereocenters. The molecule has 0 atom stereocenters. The third-order valence-electron chi connectivity index (χ3n) is 3.50. The van der Waals surface area contributed by atoms with E-state index >= 15 is 0 Å². The molecule has 1 aromatic heterocycles. The highest BCUT2D eigenvalue weighted by atomic mass is 16.4. The summed E-state index contributed by atoms with van der Waals surface area (Å²) in [4.78, 5) is 12.2. The number of hydrogen-bond acceptors (Lipinski definition) is 2. The Morgan fingerprint density at radius 3 is 1.68 bits per heavy atom. The Morgan fingerprint density at radius 2 is 1.16 bits per heavy atom. The highest BCUT2D eigenvalue weighted by Gasteiger charge is 2.17. The minimum Gasteiger partial charge on any atom is -0.427 e. The van der Waals surface area contributed by atoms with Crippen LogP contribution in [0.2, 0.25) is 0 Å². The van der Waals surface area contributed by atoms with Crippen LogP contribution in [-0.4, -0.2) is 0 Å². The van der Waals surface area contributed by atoms with Crippen LogP contribution in [0.1, 0.15) is 75.8 Å². The van der Waals surface area contributed by atoms with Gasteiger partial charge in [-0.15, -0.1) is 0 Å². The van der Waals surface area contributed by atoms with Crippen molar-refractivity contribution in [2.75, 3.05) is 0 Å². The van der Waals surface area contributed by atoms with Crippen molar-refractivity contribution in [3.63, 3.8) is 0 Å². The minimum atomic E-state index is -0.0893. The molecule has 2 nitrogen and oxygen atoms in total. The van der Waals surface area contributed by atoms with Gasteiger partial charge in [0, 0.05) is 12.0 Å². The fraction of sp³-hybridized carbons (Fsp3) is 0.706. The van der Waals surface area contributed by atoms with Crippen molar-refractivity contribution in [2.24, 2.45) is 0 Å². The summed E-state index contributed by atoms with van der Waals surface area (Å²) in [5, 5.41) is 0. The van der Waals surface area contributed by atoms with Gasteiger partial charge >= 0.3 is 5.63 Å². The van der Waals surface area contributed by atoms with Crippen LogP contribution >= 0.6 is 0 Å². The lowest BCUT2D eigenvalue weighted by molar-refractivity contribution is 0.437. The monoisotopic (exact) mass is 264 g/mol. The van der Waals surface area contributed by atoms with Crippen molar-refractivity contribution < 1.29 is 4.42 Å². The van der Waals surface area contributed by atoms with E-state index in [-0.39, 0.29) is 5.63 Å². The molecule has 0 fully saturated rings. The SMILES string of the molecule is CCCc1oc(=O)c(CCC)c(CCC)c1CCC. The van der Waals surface area contributed by atoms with Gasteiger partial charge in [-0.25, -0.2) is 4.79 Å². The van der Waals surface area contributed by atoms with Gasteiger partial charge in [0.2, 0.25) is 0 Å². The molecule has 0 aliphatic heterocycles. The molecular weight excluding hydrogens is 236 g/mol. The summed E-state index contributed by atoms with van der Waals surface area (Å²) in [6, 6.07) is 0. The van der Waals surface area contributed by atoms with Crippen molar-refractivity contribution in [1.82, 2.24) is 0 Å². The Hall–Kier alpha value is -1.05. The lowest BCUT2D eigenvalue weighted by atomic mass is 9.92. The maximum Gasteiger partial charge on any atom is 0.339 e. The van der Waals surface area contributed by atoms with Crippen LogP contribution in [0.5, 0.6) is 0 Å². The van der Waals surface area contributed by atoms with Gasteiger partial charge in [-0.2, -0.15) is 0 Å².